The number of nitrogens with zero attached hydrogens (tertiary/aromatic N) is 2. The molecule has 1 aromatic heterocycles. The van der Waals surface area contributed by atoms with Gasteiger partial charge in [-0.05, 0) is 35.9 Å². The van der Waals surface area contributed by atoms with Crippen LogP contribution in [0.2, 0.25) is 15.1 Å². The molecule has 2 aromatic rings. The van der Waals surface area contributed by atoms with Gasteiger partial charge in [-0.3, -0.25) is 9.78 Å². The fourth-order valence-corrected chi connectivity index (χ4v) is 2.50. The summed E-state index contributed by atoms with van der Waals surface area (Å²) in [6, 6.07) is 8.33. The average molecular weight is 330 g/mol. The molecule has 0 bridgehead atoms. The van der Waals surface area contributed by atoms with Gasteiger partial charge >= 0.3 is 0 Å². The third-order valence-electron chi connectivity index (χ3n) is 2.63. The Labute approximate surface area is 132 Å². The van der Waals surface area contributed by atoms with Gasteiger partial charge in [-0.25, -0.2) is 0 Å². The maximum atomic E-state index is 12.2. The molecule has 0 radical (unpaired) electrons. The van der Waals surface area contributed by atoms with Crippen molar-refractivity contribution in [2.75, 3.05) is 7.05 Å². The van der Waals surface area contributed by atoms with E-state index in [1.54, 1.807) is 31.3 Å². The minimum Gasteiger partial charge on any atom is -0.336 e. The number of pyridine rings is 1. The predicted octanol–water partition coefficient (Wildman–Crippen LogP) is 4.31. The summed E-state index contributed by atoms with van der Waals surface area (Å²) in [6.45, 7) is 0.382. The van der Waals surface area contributed by atoms with Crippen molar-refractivity contribution in [2.45, 2.75) is 6.54 Å². The van der Waals surface area contributed by atoms with Gasteiger partial charge in [0.25, 0.3) is 5.91 Å². The van der Waals surface area contributed by atoms with Crippen molar-refractivity contribution in [3.05, 3.63) is 62.9 Å². The average Bonchev–Trinajstić information content (AvgIpc) is 2.36. The Morgan fingerprint density at radius 2 is 1.75 bits per heavy atom. The van der Waals surface area contributed by atoms with Gasteiger partial charge in [-0.1, -0.05) is 34.8 Å². The number of carbonyl (C=O) groups excluding carboxylic acids is 1. The maximum Gasteiger partial charge on any atom is 0.272 e. The van der Waals surface area contributed by atoms with E-state index in [0.717, 1.165) is 5.56 Å². The normalized spacial score (nSPS) is 10.4. The molecular weight excluding hydrogens is 319 g/mol. The first kappa shape index (κ1) is 15.1. The SMILES string of the molecule is CN(Cc1cc(Cl)cc(Cl)c1)C(=O)c1cc(Cl)ccn1. The van der Waals surface area contributed by atoms with Crippen LogP contribution in [0.15, 0.2) is 36.5 Å². The van der Waals surface area contributed by atoms with Crippen molar-refractivity contribution in [2.24, 2.45) is 0 Å². The highest BCUT2D eigenvalue weighted by atomic mass is 35.5. The van der Waals surface area contributed by atoms with Crippen molar-refractivity contribution in [3.8, 4) is 0 Å². The fraction of sp³-hybridized carbons (Fsp3) is 0.143. The first-order valence-electron chi connectivity index (χ1n) is 5.77. The molecule has 0 aliphatic carbocycles. The molecule has 3 nitrogen and oxygen atoms in total. The first-order valence-corrected chi connectivity index (χ1v) is 6.91. The van der Waals surface area contributed by atoms with E-state index in [-0.39, 0.29) is 5.91 Å². The Morgan fingerprint density at radius 3 is 2.35 bits per heavy atom. The van der Waals surface area contributed by atoms with Crippen LogP contribution in [0.3, 0.4) is 0 Å². The van der Waals surface area contributed by atoms with Gasteiger partial charge in [-0.15, -0.1) is 0 Å². The van der Waals surface area contributed by atoms with Crippen LogP contribution in [0, 0.1) is 0 Å². The van der Waals surface area contributed by atoms with Gasteiger partial charge in [0, 0.05) is 34.9 Å². The van der Waals surface area contributed by atoms with Crippen molar-refractivity contribution >= 4 is 40.7 Å². The molecule has 0 fully saturated rings. The molecule has 6 heteroatoms. The third kappa shape index (κ3) is 3.85. The van der Waals surface area contributed by atoms with E-state index >= 15 is 0 Å². The standard InChI is InChI=1S/C14H11Cl3N2O/c1-19(8-9-4-11(16)6-12(17)5-9)14(20)13-7-10(15)2-3-18-13/h2-7H,8H2,1H3. The molecule has 20 heavy (non-hydrogen) atoms. The van der Waals surface area contributed by atoms with Crippen molar-refractivity contribution in [1.82, 2.24) is 9.88 Å². The summed E-state index contributed by atoms with van der Waals surface area (Å²) in [5.74, 6) is -0.219. The highest BCUT2D eigenvalue weighted by Crippen LogP contribution is 2.20. The lowest BCUT2D eigenvalue weighted by molar-refractivity contribution is 0.0779. The smallest absolute Gasteiger partial charge is 0.272 e. The number of amides is 1. The predicted molar refractivity (Wildman–Crippen MR) is 81.5 cm³/mol. The van der Waals surface area contributed by atoms with Gasteiger partial charge in [0.05, 0.1) is 0 Å². The number of hydrogen-bond donors (Lipinski definition) is 0. The molecule has 1 heterocycles. The van der Waals surface area contributed by atoms with Crippen LogP contribution < -0.4 is 0 Å². The largest absolute Gasteiger partial charge is 0.336 e. The Balaban J connectivity index is 2.15. The zero-order valence-corrected chi connectivity index (χ0v) is 12.9. The third-order valence-corrected chi connectivity index (χ3v) is 3.30. The number of carbonyl (C=O) groups is 1. The Kier molecular flexibility index (Phi) is 4.86. The van der Waals surface area contributed by atoms with E-state index in [0.29, 0.717) is 27.3 Å². The Bertz CT molecular complexity index is 626. The molecule has 104 valence electrons. The van der Waals surface area contributed by atoms with Crippen LogP contribution in [-0.4, -0.2) is 22.8 Å². The van der Waals surface area contributed by atoms with E-state index in [1.165, 1.54) is 17.2 Å². The summed E-state index contributed by atoms with van der Waals surface area (Å²) in [6.07, 6.45) is 1.50. The summed E-state index contributed by atoms with van der Waals surface area (Å²) in [7, 11) is 1.68. The summed E-state index contributed by atoms with van der Waals surface area (Å²) in [4.78, 5) is 17.7. The molecule has 0 spiro atoms. The Morgan fingerprint density at radius 1 is 1.10 bits per heavy atom. The zero-order valence-electron chi connectivity index (χ0n) is 10.6. The summed E-state index contributed by atoms with van der Waals surface area (Å²) >= 11 is 17.7. The van der Waals surface area contributed by atoms with E-state index in [4.69, 9.17) is 34.8 Å². The molecule has 1 aromatic carbocycles. The highest BCUT2D eigenvalue weighted by Gasteiger charge is 2.14. The highest BCUT2D eigenvalue weighted by molar-refractivity contribution is 6.34. The molecule has 2 rings (SSSR count). The Hall–Kier alpha value is -1.29. The van der Waals surface area contributed by atoms with E-state index in [9.17, 15) is 4.79 Å². The molecular formula is C14H11Cl3N2O. The molecule has 1 amide bonds. The molecule has 0 saturated carbocycles. The molecule has 0 N–H and O–H groups in total. The molecule has 0 aliphatic rings. The van der Waals surface area contributed by atoms with Crippen molar-refractivity contribution < 1.29 is 4.79 Å². The topological polar surface area (TPSA) is 33.2 Å². The van der Waals surface area contributed by atoms with Crippen LogP contribution >= 0.6 is 34.8 Å². The zero-order chi connectivity index (χ0) is 14.7. The number of hydrogen-bond acceptors (Lipinski definition) is 2. The number of rotatable bonds is 3. The van der Waals surface area contributed by atoms with E-state index in [1.807, 2.05) is 0 Å². The lowest BCUT2D eigenvalue weighted by atomic mass is 10.2. The lowest BCUT2D eigenvalue weighted by Crippen LogP contribution is -2.27. The number of halogens is 3. The minimum absolute atomic E-state index is 0.219. The van der Waals surface area contributed by atoms with Gasteiger partial charge in [-0.2, -0.15) is 0 Å². The van der Waals surface area contributed by atoms with Gasteiger partial charge < -0.3 is 4.90 Å². The molecule has 0 aliphatic heterocycles. The molecule has 0 saturated heterocycles. The second kappa shape index (κ2) is 6.44. The second-order valence-corrected chi connectivity index (χ2v) is 5.61. The monoisotopic (exact) mass is 328 g/mol. The molecule has 0 unspecified atom stereocenters. The lowest BCUT2D eigenvalue weighted by Gasteiger charge is -2.17. The van der Waals surface area contributed by atoms with E-state index < -0.39 is 0 Å². The summed E-state index contributed by atoms with van der Waals surface area (Å²) in [5, 5.41) is 1.55. The van der Waals surface area contributed by atoms with E-state index in [2.05, 4.69) is 4.98 Å². The van der Waals surface area contributed by atoms with Crippen LogP contribution in [-0.2, 0) is 6.54 Å². The van der Waals surface area contributed by atoms with Crippen LogP contribution in [0.1, 0.15) is 16.1 Å². The van der Waals surface area contributed by atoms with Crippen molar-refractivity contribution in [3.63, 3.8) is 0 Å². The van der Waals surface area contributed by atoms with Gasteiger partial charge in [0.2, 0.25) is 0 Å². The van der Waals surface area contributed by atoms with Gasteiger partial charge in [0.15, 0.2) is 0 Å². The number of aromatic nitrogens is 1. The second-order valence-electron chi connectivity index (χ2n) is 4.30. The summed E-state index contributed by atoms with van der Waals surface area (Å²) in [5.41, 5.74) is 1.15. The van der Waals surface area contributed by atoms with Crippen LogP contribution in [0.5, 0.6) is 0 Å². The first-order chi connectivity index (χ1) is 9.45. The minimum atomic E-state index is -0.219. The maximum absolute atomic E-state index is 12.2. The fourth-order valence-electron chi connectivity index (χ4n) is 1.77. The number of benzene rings is 1. The summed E-state index contributed by atoms with van der Waals surface area (Å²) < 4.78 is 0. The van der Waals surface area contributed by atoms with Gasteiger partial charge in [0.1, 0.15) is 5.69 Å². The van der Waals surface area contributed by atoms with Crippen LogP contribution in [0.4, 0.5) is 0 Å². The van der Waals surface area contributed by atoms with Crippen LogP contribution in [0.25, 0.3) is 0 Å². The van der Waals surface area contributed by atoms with Crippen molar-refractivity contribution in [1.29, 1.82) is 0 Å². The quantitative estimate of drug-likeness (QED) is 0.840. The molecule has 0 atom stereocenters.